The van der Waals surface area contributed by atoms with E-state index in [0.29, 0.717) is 29.2 Å². The Morgan fingerprint density at radius 2 is 2.12 bits per heavy atom. The molecule has 1 aliphatic carbocycles. The van der Waals surface area contributed by atoms with Crippen molar-refractivity contribution in [1.82, 2.24) is 5.43 Å². The zero-order valence-corrected chi connectivity index (χ0v) is 15.7. The number of hydrogen-bond donors (Lipinski definition) is 1. The molecule has 2 aliphatic rings. The third kappa shape index (κ3) is 4.06. The van der Waals surface area contributed by atoms with Crippen LogP contribution in [0.15, 0.2) is 29.4 Å². The number of nitrogens with zero attached hydrogens (tertiary/aromatic N) is 2. The minimum Gasteiger partial charge on any atom is -0.482 e. The molecule has 0 unspecified atom stereocenters. The molecular weight excluding hydrogens is 330 g/mol. The molecule has 0 bridgehead atoms. The van der Waals surface area contributed by atoms with Gasteiger partial charge in [0.05, 0.1) is 5.69 Å². The summed E-state index contributed by atoms with van der Waals surface area (Å²) in [5, 5.41) is 4.43. The quantitative estimate of drug-likeness (QED) is 0.842. The molecule has 1 heterocycles. The number of carbonyl (C=O) groups excluding carboxylic acids is 2. The van der Waals surface area contributed by atoms with Gasteiger partial charge in [0.1, 0.15) is 12.3 Å². The predicted molar refractivity (Wildman–Crippen MR) is 101 cm³/mol. The molecule has 6 nitrogen and oxygen atoms in total. The summed E-state index contributed by atoms with van der Waals surface area (Å²) < 4.78 is 5.40. The van der Waals surface area contributed by atoms with Gasteiger partial charge >= 0.3 is 0 Å². The lowest BCUT2D eigenvalue weighted by atomic mass is 9.76. The summed E-state index contributed by atoms with van der Waals surface area (Å²) in [5.74, 6) is 1.62. The minimum absolute atomic E-state index is 0.0499. The summed E-state index contributed by atoms with van der Waals surface area (Å²) in [6, 6.07) is 7.24. The van der Waals surface area contributed by atoms with Gasteiger partial charge in [-0.15, -0.1) is 0 Å². The van der Waals surface area contributed by atoms with Crippen molar-refractivity contribution in [1.29, 1.82) is 0 Å². The van der Waals surface area contributed by atoms with Crippen molar-refractivity contribution in [2.75, 3.05) is 18.1 Å². The second kappa shape index (κ2) is 7.89. The van der Waals surface area contributed by atoms with Gasteiger partial charge in [0.2, 0.25) is 0 Å². The molecule has 2 amide bonds. The number of benzene rings is 1. The number of ether oxygens (including phenoxy) is 1. The second-order valence-corrected chi connectivity index (χ2v) is 7.61. The van der Waals surface area contributed by atoms with Gasteiger partial charge in [-0.1, -0.05) is 32.9 Å². The van der Waals surface area contributed by atoms with E-state index in [0.717, 1.165) is 18.6 Å². The van der Waals surface area contributed by atoms with Crippen LogP contribution in [0.1, 0.15) is 40.0 Å². The zero-order valence-electron chi connectivity index (χ0n) is 15.7. The standard InChI is InChI=1S/C20H27N3O3/c1-13(2)15-9-8-14(3)10-16(15)21-22-19(24)11-23-17-6-4-5-7-18(17)26-12-20(23)25/h4-7,13-15H,8-12H2,1-3H3,(H,22,24)/b21-16-/t14-,15-/m0/s1. The van der Waals surface area contributed by atoms with E-state index in [4.69, 9.17) is 4.74 Å². The first-order valence-electron chi connectivity index (χ1n) is 9.33. The summed E-state index contributed by atoms with van der Waals surface area (Å²) in [6.07, 6.45) is 3.24. The first-order valence-corrected chi connectivity index (χ1v) is 9.33. The SMILES string of the molecule is CC(C)[C@@H]1CC[C@H](C)C/C1=N/NC(=O)CN1C(=O)COc2ccccc21. The predicted octanol–water partition coefficient (Wildman–Crippen LogP) is 2.98. The highest BCUT2D eigenvalue weighted by atomic mass is 16.5. The van der Waals surface area contributed by atoms with Gasteiger partial charge in [-0.25, -0.2) is 5.43 Å². The van der Waals surface area contributed by atoms with Crippen LogP contribution in [-0.4, -0.2) is 30.7 Å². The van der Waals surface area contributed by atoms with Crippen molar-refractivity contribution in [3.63, 3.8) is 0 Å². The van der Waals surface area contributed by atoms with Gasteiger partial charge in [0.25, 0.3) is 11.8 Å². The minimum atomic E-state index is -0.289. The van der Waals surface area contributed by atoms with Crippen LogP contribution in [0.5, 0.6) is 5.75 Å². The summed E-state index contributed by atoms with van der Waals surface area (Å²) in [4.78, 5) is 26.0. The molecule has 0 aromatic heterocycles. The number of para-hydroxylation sites is 2. The fourth-order valence-corrected chi connectivity index (χ4v) is 3.73. The molecular formula is C20H27N3O3. The Hall–Kier alpha value is -2.37. The average molecular weight is 357 g/mol. The number of fused-ring (bicyclic) bond motifs is 1. The van der Waals surface area contributed by atoms with Gasteiger partial charge in [0, 0.05) is 11.6 Å². The Balaban J connectivity index is 1.68. The Morgan fingerprint density at radius 1 is 1.35 bits per heavy atom. The maximum atomic E-state index is 12.4. The van der Waals surface area contributed by atoms with Crippen LogP contribution in [0.4, 0.5) is 5.69 Å². The van der Waals surface area contributed by atoms with E-state index in [1.807, 2.05) is 12.1 Å². The van der Waals surface area contributed by atoms with E-state index in [1.165, 1.54) is 11.3 Å². The second-order valence-electron chi connectivity index (χ2n) is 7.61. The lowest BCUT2D eigenvalue weighted by molar-refractivity contribution is -0.125. The maximum Gasteiger partial charge on any atom is 0.265 e. The summed E-state index contributed by atoms with van der Waals surface area (Å²) in [5.41, 5.74) is 4.36. The summed E-state index contributed by atoms with van der Waals surface area (Å²) >= 11 is 0. The molecule has 3 rings (SSSR count). The largest absolute Gasteiger partial charge is 0.482 e. The zero-order chi connectivity index (χ0) is 18.7. The van der Waals surface area contributed by atoms with Crippen LogP contribution in [0, 0.1) is 17.8 Å². The van der Waals surface area contributed by atoms with Gasteiger partial charge in [0.15, 0.2) is 6.61 Å². The molecule has 0 spiro atoms. The van der Waals surface area contributed by atoms with Gasteiger partial charge in [-0.2, -0.15) is 5.10 Å². The molecule has 1 fully saturated rings. The Labute approximate surface area is 154 Å². The van der Waals surface area contributed by atoms with E-state index < -0.39 is 0 Å². The third-order valence-electron chi connectivity index (χ3n) is 5.20. The third-order valence-corrected chi connectivity index (χ3v) is 5.20. The van der Waals surface area contributed by atoms with Crippen LogP contribution >= 0.6 is 0 Å². The monoisotopic (exact) mass is 357 g/mol. The molecule has 26 heavy (non-hydrogen) atoms. The highest BCUT2D eigenvalue weighted by Crippen LogP contribution is 2.32. The number of nitrogens with one attached hydrogen (secondary N) is 1. The normalized spacial score (nSPS) is 24.4. The van der Waals surface area contributed by atoms with E-state index >= 15 is 0 Å². The Bertz CT molecular complexity index is 714. The van der Waals surface area contributed by atoms with Crippen LogP contribution in [0.25, 0.3) is 0 Å². The fourth-order valence-electron chi connectivity index (χ4n) is 3.73. The van der Waals surface area contributed by atoms with Crippen LogP contribution in [0.3, 0.4) is 0 Å². The lowest BCUT2D eigenvalue weighted by Crippen LogP contribution is -2.44. The average Bonchev–Trinajstić information content (AvgIpc) is 2.62. The molecule has 140 valence electrons. The van der Waals surface area contributed by atoms with Crippen molar-refractivity contribution in [2.45, 2.75) is 40.0 Å². The van der Waals surface area contributed by atoms with Crippen molar-refractivity contribution in [2.24, 2.45) is 22.9 Å². The molecule has 0 saturated heterocycles. The van der Waals surface area contributed by atoms with Crippen LogP contribution < -0.4 is 15.1 Å². The highest BCUT2D eigenvalue weighted by molar-refractivity contribution is 6.02. The molecule has 1 saturated carbocycles. The van der Waals surface area contributed by atoms with Crippen LogP contribution in [-0.2, 0) is 9.59 Å². The van der Waals surface area contributed by atoms with E-state index in [2.05, 4.69) is 31.3 Å². The molecule has 1 N–H and O–H groups in total. The first-order chi connectivity index (χ1) is 12.5. The Kier molecular flexibility index (Phi) is 5.59. The number of rotatable bonds is 4. The number of hydrazone groups is 1. The van der Waals surface area contributed by atoms with Crippen molar-refractivity contribution >= 4 is 23.2 Å². The smallest absolute Gasteiger partial charge is 0.265 e. The number of carbonyl (C=O) groups is 2. The van der Waals surface area contributed by atoms with E-state index in [9.17, 15) is 9.59 Å². The van der Waals surface area contributed by atoms with Crippen molar-refractivity contribution in [3.05, 3.63) is 24.3 Å². The first kappa shape index (κ1) is 18.4. The summed E-state index contributed by atoms with van der Waals surface area (Å²) in [6.45, 7) is 6.50. The highest BCUT2D eigenvalue weighted by Gasteiger charge is 2.29. The molecule has 1 aromatic carbocycles. The van der Waals surface area contributed by atoms with E-state index in [-0.39, 0.29) is 25.0 Å². The van der Waals surface area contributed by atoms with E-state index in [1.54, 1.807) is 12.1 Å². The van der Waals surface area contributed by atoms with Crippen molar-refractivity contribution in [3.8, 4) is 5.75 Å². The molecule has 1 aromatic rings. The molecule has 1 aliphatic heterocycles. The number of amides is 2. The maximum absolute atomic E-state index is 12.4. The number of anilines is 1. The van der Waals surface area contributed by atoms with Gasteiger partial charge in [-0.3, -0.25) is 14.5 Å². The van der Waals surface area contributed by atoms with Crippen molar-refractivity contribution < 1.29 is 14.3 Å². The van der Waals surface area contributed by atoms with Gasteiger partial charge in [-0.05, 0) is 43.2 Å². The van der Waals surface area contributed by atoms with Crippen LogP contribution in [0.2, 0.25) is 0 Å². The molecule has 6 heteroatoms. The topological polar surface area (TPSA) is 71.0 Å². The number of hydrogen-bond acceptors (Lipinski definition) is 4. The van der Waals surface area contributed by atoms with Gasteiger partial charge < -0.3 is 4.74 Å². The Morgan fingerprint density at radius 3 is 2.88 bits per heavy atom. The fraction of sp³-hybridized carbons (Fsp3) is 0.550. The summed E-state index contributed by atoms with van der Waals surface area (Å²) in [7, 11) is 0. The lowest BCUT2D eigenvalue weighted by Gasteiger charge is -2.31. The molecule has 0 radical (unpaired) electrons. The molecule has 2 atom stereocenters.